The molecule has 0 aliphatic carbocycles. The Kier molecular flexibility index (Phi) is 3.38. The Morgan fingerprint density at radius 2 is 2.62 bits per heavy atom. The van der Waals surface area contributed by atoms with Gasteiger partial charge in [0.1, 0.15) is 5.69 Å². The quantitative estimate of drug-likeness (QED) is 0.812. The van der Waals surface area contributed by atoms with Crippen LogP contribution in [0, 0.1) is 0 Å². The van der Waals surface area contributed by atoms with Crippen LogP contribution in [0.5, 0.6) is 0 Å². The molecule has 1 aliphatic rings. The zero-order valence-electron chi connectivity index (χ0n) is 9.27. The van der Waals surface area contributed by atoms with Gasteiger partial charge in [0.2, 0.25) is 0 Å². The Morgan fingerprint density at radius 1 is 1.81 bits per heavy atom. The van der Waals surface area contributed by atoms with E-state index in [0.29, 0.717) is 23.2 Å². The molecular weight excluding hydrogens is 224 g/mol. The molecule has 0 saturated carbocycles. The van der Waals surface area contributed by atoms with Crippen molar-refractivity contribution in [1.29, 1.82) is 0 Å². The second-order valence-corrected chi connectivity index (χ2v) is 5.33. The van der Waals surface area contributed by atoms with Crippen LogP contribution in [-0.4, -0.2) is 33.2 Å². The van der Waals surface area contributed by atoms with Crippen molar-refractivity contribution in [3.05, 3.63) is 11.9 Å². The van der Waals surface area contributed by atoms with Gasteiger partial charge in [-0.25, -0.2) is 0 Å². The Hall–Kier alpha value is -1.17. The Labute approximate surface area is 98.8 Å². The van der Waals surface area contributed by atoms with Crippen LogP contribution in [0.15, 0.2) is 6.20 Å². The van der Waals surface area contributed by atoms with E-state index >= 15 is 0 Å². The van der Waals surface area contributed by atoms with Crippen molar-refractivity contribution in [3.8, 4) is 0 Å². The maximum atomic E-state index is 11.8. The van der Waals surface area contributed by atoms with Crippen LogP contribution in [0.1, 0.15) is 23.3 Å². The summed E-state index contributed by atoms with van der Waals surface area (Å²) >= 11 is 1.92. The predicted octanol–water partition coefficient (Wildman–Crippen LogP) is 0.628. The number of aromatic nitrogens is 2. The summed E-state index contributed by atoms with van der Waals surface area (Å²) in [6.07, 6.45) is 3.93. The number of hydrogen-bond acceptors (Lipinski definition) is 4. The van der Waals surface area contributed by atoms with Gasteiger partial charge in [0, 0.05) is 18.8 Å². The summed E-state index contributed by atoms with van der Waals surface area (Å²) in [5.41, 5.74) is 6.55. The van der Waals surface area contributed by atoms with Gasteiger partial charge in [0.05, 0.1) is 11.9 Å². The molecule has 0 bridgehead atoms. The number of nitrogens with zero attached hydrogens (tertiary/aromatic N) is 2. The highest BCUT2D eigenvalue weighted by Gasteiger charge is 2.19. The first kappa shape index (κ1) is 11.3. The maximum absolute atomic E-state index is 11.8. The Balaban J connectivity index is 1.92. The average Bonchev–Trinajstić information content (AvgIpc) is 2.86. The third-order valence-electron chi connectivity index (χ3n) is 2.70. The van der Waals surface area contributed by atoms with Gasteiger partial charge in [-0.15, -0.1) is 0 Å². The van der Waals surface area contributed by atoms with Gasteiger partial charge in [0.25, 0.3) is 5.91 Å². The van der Waals surface area contributed by atoms with E-state index in [1.807, 2.05) is 11.8 Å². The third kappa shape index (κ3) is 2.32. The van der Waals surface area contributed by atoms with Gasteiger partial charge in [-0.3, -0.25) is 9.48 Å². The molecule has 1 atom stereocenters. The molecule has 3 N–H and O–H groups in total. The average molecular weight is 240 g/mol. The van der Waals surface area contributed by atoms with Crippen LogP contribution in [-0.2, 0) is 7.05 Å². The van der Waals surface area contributed by atoms with Crippen LogP contribution in [0.3, 0.4) is 0 Å². The standard InChI is InChI=1S/C10H16N4OS/c1-14-9(8(11)6-13-14)10(15)12-5-7-3-2-4-16-7/h6-7H,2-5,11H2,1H3,(H,12,15). The van der Waals surface area contributed by atoms with E-state index in [0.717, 1.165) is 0 Å². The second-order valence-electron chi connectivity index (χ2n) is 3.92. The molecule has 1 saturated heterocycles. The van der Waals surface area contributed by atoms with E-state index < -0.39 is 0 Å². The van der Waals surface area contributed by atoms with Crippen LogP contribution in [0.25, 0.3) is 0 Å². The molecule has 1 aromatic rings. The monoisotopic (exact) mass is 240 g/mol. The molecular formula is C10H16N4OS. The number of anilines is 1. The van der Waals surface area contributed by atoms with Crippen LogP contribution < -0.4 is 11.1 Å². The number of nitrogen functional groups attached to an aromatic ring is 1. The van der Waals surface area contributed by atoms with Crippen molar-refractivity contribution >= 4 is 23.4 Å². The lowest BCUT2D eigenvalue weighted by Gasteiger charge is -2.10. The molecule has 0 spiro atoms. The van der Waals surface area contributed by atoms with E-state index in [9.17, 15) is 4.79 Å². The van der Waals surface area contributed by atoms with Crippen molar-refractivity contribution in [1.82, 2.24) is 15.1 Å². The minimum absolute atomic E-state index is 0.134. The summed E-state index contributed by atoms with van der Waals surface area (Å²) in [6.45, 7) is 0.716. The number of carbonyl (C=O) groups is 1. The molecule has 16 heavy (non-hydrogen) atoms. The van der Waals surface area contributed by atoms with Crippen molar-refractivity contribution in [2.24, 2.45) is 7.05 Å². The first-order valence-electron chi connectivity index (χ1n) is 5.35. The largest absolute Gasteiger partial charge is 0.396 e. The van der Waals surface area contributed by atoms with E-state index in [4.69, 9.17) is 5.73 Å². The molecule has 1 aromatic heterocycles. The predicted molar refractivity (Wildman–Crippen MR) is 65.4 cm³/mol. The number of carbonyl (C=O) groups excluding carboxylic acids is 1. The molecule has 0 radical (unpaired) electrons. The van der Waals surface area contributed by atoms with Gasteiger partial charge >= 0.3 is 0 Å². The van der Waals surface area contributed by atoms with Crippen LogP contribution >= 0.6 is 11.8 Å². The van der Waals surface area contributed by atoms with Crippen molar-refractivity contribution < 1.29 is 4.79 Å². The zero-order chi connectivity index (χ0) is 11.5. The fourth-order valence-electron chi connectivity index (χ4n) is 1.83. The first-order chi connectivity index (χ1) is 7.68. The van der Waals surface area contributed by atoms with E-state index in [-0.39, 0.29) is 5.91 Å². The van der Waals surface area contributed by atoms with Crippen molar-refractivity contribution in [3.63, 3.8) is 0 Å². The highest BCUT2D eigenvalue weighted by atomic mass is 32.2. The lowest BCUT2D eigenvalue weighted by Crippen LogP contribution is -2.31. The van der Waals surface area contributed by atoms with Crippen LogP contribution in [0.4, 0.5) is 5.69 Å². The summed E-state index contributed by atoms with van der Waals surface area (Å²) in [6, 6.07) is 0. The van der Waals surface area contributed by atoms with Crippen LogP contribution in [0.2, 0.25) is 0 Å². The molecule has 1 amide bonds. The van der Waals surface area contributed by atoms with Crippen molar-refractivity contribution in [2.75, 3.05) is 18.0 Å². The molecule has 5 nitrogen and oxygen atoms in total. The number of nitrogens with two attached hydrogens (primary N) is 1. The lowest BCUT2D eigenvalue weighted by atomic mass is 10.2. The van der Waals surface area contributed by atoms with Gasteiger partial charge < -0.3 is 11.1 Å². The molecule has 88 valence electrons. The van der Waals surface area contributed by atoms with Gasteiger partial charge in [-0.05, 0) is 18.6 Å². The van der Waals surface area contributed by atoms with Gasteiger partial charge in [-0.1, -0.05) is 0 Å². The van der Waals surface area contributed by atoms with E-state index in [1.54, 1.807) is 7.05 Å². The highest BCUT2D eigenvalue weighted by molar-refractivity contribution is 8.00. The number of rotatable bonds is 3. The molecule has 1 unspecified atom stereocenters. The molecule has 0 aromatic carbocycles. The van der Waals surface area contributed by atoms with Gasteiger partial charge in [-0.2, -0.15) is 16.9 Å². The van der Waals surface area contributed by atoms with E-state index in [1.165, 1.54) is 29.5 Å². The topological polar surface area (TPSA) is 72.9 Å². The summed E-state index contributed by atoms with van der Waals surface area (Å²) in [7, 11) is 1.72. The molecule has 6 heteroatoms. The fraction of sp³-hybridized carbons (Fsp3) is 0.600. The summed E-state index contributed by atoms with van der Waals surface area (Å²) < 4.78 is 1.51. The SMILES string of the molecule is Cn1ncc(N)c1C(=O)NCC1CCCS1. The number of amides is 1. The molecule has 1 fully saturated rings. The number of aryl methyl sites for hydroxylation is 1. The first-order valence-corrected chi connectivity index (χ1v) is 6.40. The zero-order valence-corrected chi connectivity index (χ0v) is 10.1. The lowest BCUT2D eigenvalue weighted by molar-refractivity contribution is 0.0945. The third-order valence-corrected chi connectivity index (χ3v) is 4.09. The molecule has 2 rings (SSSR count). The number of thioether (sulfide) groups is 1. The summed E-state index contributed by atoms with van der Waals surface area (Å²) in [5.74, 6) is 1.07. The van der Waals surface area contributed by atoms with E-state index in [2.05, 4.69) is 10.4 Å². The normalized spacial score (nSPS) is 19.9. The minimum atomic E-state index is -0.134. The van der Waals surface area contributed by atoms with Gasteiger partial charge in [0.15, 0.2) is 0 Å². The highest BCUT2D eigenvalue weighted by Crippen LogP contribution is 2.25. The summed E-state index contributed by atoms with van der Waals surface area (Å²) in [5, 5.41) is 7.40. The molecule has 1 aliphatic heterocycles. The molecule has 2 heterocycles. The Morgan fingerprint density at radius 3 is 3.19 bits per heavy atom. The fourth-order valence-corrected chi connectivity index (χ4v) is 3.03. The Bertz CT molecular complexity index is 365. The maximum Gasteiger partial charge on any atom is 0.271 e. The second kappa shape index (κ2) is 4.78. The van der Waals surface area contributed by atoms with Crippen molar-refractivity contribution in [2.45, 2.75) is 18.1 Å². The number of hydrogen-bond donors (Lipinski definition) is 2. The number of nitrogens with one attached hydrogen (secondary N) is 1. The summed E-state index contributed by atoms with van der Waals surface area (Å²) in [4.78, 5) is 11.8. The smallest absolute Gasteiger partial charge is 0.271 e. The minimum Gasteiger partial charge on any atom is -0.396 e.